The van der Waals surface area contributed by atoms with E-state index in [9.17, 15) is 19.2 Å². The van der Waals surface area contributed by atoms with Gasteiger partial charge in [0.25, 0.3) is 11.1 Å². The molecule has 0 aromatic heterocycles. The lowest BCUT2D eigenvalue weighted by Crippen LogP contribution is -2.51. The molecule has 0 aliphatic carbocycles. The van der Waals surface area contributed by atoms with Crippen molar-refractivity contribution >= 4 is 69.1 Å². The number of carbonyl (C=O) groups excluding carboxylic acids is 4. The lowest BCUT2D eigenvalue weighted by atomic mass is 10.2. The van der Waals surface area contributed by atoms with E-state index in [0.717, 1.165) is 22.3 Å². The summed E-state index contributed by atoms with van der Waals surface area (Å²) in [6.45, 7) is 3.78. The average Bonchev–Trinajstić information content (AvgIpc) is 3.20. The van der Waals surface area contributed by atoms with E-state index in [1.165, 1.54) is 7.11 Å². The topological polar surface area (TPSA) is 106 Å². The standard InChI is InChI=1S/C27H28IN3O7S/c1-3-37-24(33)17-38-25-20(28)13-18(14-21(25)36-2)15-22-26(34)31(27(35)39-22)16-23(32)30-11-9-29(10-12-30)19-7-5-4-6-8-19/h4-8,13-15H,3,9-12,16-17H2,1-2H3/b22-15+. The first-order valence-electron chi connectivity index (χ1n) is 12.3. The molecule has 0 N–H and O–H groups in total. The Balaban J connectivity index is 1.39. The van der Waals surface area contributed by atoms with Crippen molar-refractivity contribution in [3.05, 3.63) is 56.5 Å². The van der Waals surface area contributed by atoms with E-state index in [1.54, 1.807) is 30.0 Å². The van der Waals surface area contributed by atoms with Gasteiger partial charge in [0.2, 0.25) is 5.91 Å². The number of halogens is 1. The van der Waals surface area contributed by atoms with Crippen molar-refractivity contribution < 1.29 is 33.4 Å². The van der Waals surface area contributed by atoms with Crippen LogP contribution in [-0.4, -0.2) is 85.9 Å². The number of esters is 1. The van der Waals surface area contributed by atoms with Crippen LogP contribution in [0.2, 0.25) is 0 Å². The lowest BCUT2D eigenvalue weighted by molar-refractivity contribution is -0.145. The smallest absolute Gasteiger partial charge is 0.344 e. The minimum absolute atomic E-state index is 0.208. The maximum absolute atomic E-state index is 13.0. The van der Waals surface area contributed by atoms with E-state index in [2.05, 4.69) is 4.90 Å². The van der Waals surface area contributed by atoms with E-state index in [0.29, 0.717) is 46.8 Å². The number of hydrogen-bond acceptors (Lipinski definition) is 9. The molecule has 0 bridgehead atoms. The van der Waals surface area contributed by atoms with E-state index < -0.39 is 17.1 Å². The molecule has 0 unspecified atom stereocenters. The highest BCUT2D eigenvalue weighted by Crippen LogP contribution is 2.37. The quantitative estimate of drug-likeness (QED) is 0.226. The Kier molecular flexibility index (Phi) is 9.73. The molecule has 0 saturated carbocycles. The molecule has 0 spiro atoms. The van der Waals surface area contributed by atoms with Crippen molar-refractivity contribution in [2.24, 2.45) is 0 Å². The van der Waals surface area contributed by atoms with E-state index in [4.69, 9.17) is 14.2 Å². The van der Waals surface area contributed by atoms with Gasteiger partial charge in [-0.2, -0.15) is 0 Å². The number of imide groups is 1. The maximum Gasteiger partial charge on any atom is 0.344 e. The fourth-order valence-corrected chi connectivity index (χ4v) is 5.79. The zero-order valence-electron chi connectivity index (χ0n) is 21.6. The number of nitrogens with zero attached hydrogens (tertiary/aromatic N) is 3. The van der Waals surface area contributed by atoms with Crippen LogP contribution in [0.3, 0.4) is 0 Å². The molecule has 2 fully saturated rings. The Morgan fingerprint density at radius 3 is 2.46 bits per heavy atom. The minimum Gasteiger partial charge on any atom is -0.493 e. The molecule has 2 aliphatic rings. The first-order chi connectivity index (χ1) is 18.8. The van der Waals surface area contributed by atoms with Gasteiger partial charge in [-0.1, -0.05) is 18.2 Å². The maximum atomic E-state index is 13.0. The van der Waals surface area contributed by atoms with Gasteiger partial charge in [0.15, 0.2) is 18.1 Å². The van der Waals surface area contributed by atoms with Gasteiger partial charge in [-0.15, -0.1) is 0 Å². The van der Waals surface area contributed by atoms with Gasteiger partial charge >= 0.3 is 5.97 Å². The van der Waals surface area contributed by atoms with Crippen LogP contribution in [0.1, 0.15) is 12.5 Å². The summed E-state index contributed by atoms with van der Waals surface area (Å²) >= 11 is 2.83. The molecule has 0 atom stereocenters. The predicted octanol–water partition coefficient (Wildman–Crippen LogP) is 3.63. The summed E-state index contributed by atoms with van der Waals surface area (Å²) in [7, 11) is 1.46. The van der Waals surface area contributed by atoms with Crippen LogP contribution in [0.5, 0.6) is 11.5 Å². The summed E-state index contributed by atoms with van der Waals surface area (Å²) in [6, 6.07) is 13.4. The van der Waals surface area contributed by atoms with E-state index >= 15 is 0 Å². The Hall–Kier alpha value is -3.26. The second kappa shape index (κ2) is 13.2. The van der Waals surface area contributed by atoms with Crippen molar-refractivity contribution in [1.29, 1.82) is 0 Å². The van der Waals surface area contributed by atoms with Crippen molar-refractivity contribution in [3.8, 4) is 11.5 Å². The van der Waals surface area contributed by atoms with Crippen molar-refractivity contribution in [3.63, 3.8) is 0 Å². The van der Waals surface area contributed by atoms with Crippen molar-refractivity contribution in [1.82, 2.24) is 9.80 Å². The number of methoxy groups -OCH3 is 1. The van der Waals surface area contributed by atoms with Gasteiger partial charge < -0.3 is 24.0 Å². The van der Waals surface area contributed by atoms with Crippen molar-refractivity contribution in [2.45, 2.75) is 6.92 Å². The molecule has 206 valence electrons. The highest BCUT2D eigenvalue weighted by molar-refractivity contribution is 14.1. The zero-order valence-corrected chi connectivity index (χ0v) is 24.5. The summed E-state index contributed by atoms with van der Waals surface area (Å²) in [6.07, 6.45) is 1.58. The molecule has 2 aromatic rings. The normalized spacial score (nSPS) is 16.6. The van der Waals surface area contributed by atoms with Gasteiger partial charge in [-0.05, 0) is 77.2 Å². The first kappa shape index (κ1) is 28.7. The third kappa shape index (κ3) is 7.04. The second-order valence-electron chi connectivity index (χ2n) is 8.60. The number of hydrogen-bond donors (Lipinski definition) is 0. The van der Waals surface area contributed by atoms with E-state index in [1.807, 2.05) is 52.9 Å². The molecule has 2 heterocycles. The van der Waals surface area contributed by atoms with Crippen LogP contribution >= 0.6 is 34.4 Å². The molecule has 4 rings (SSSR count). The Labute approximate surface area is 244 Å². The van der Waals surface area contributed by atoms with Crippen LogP contribution in [0, 0.1) is 3.57 Å². The van der Waals surface area contributed by atoms with Gasteiger partial charge in [-0.3, -0.25) is 19.3 Å². The minimum atomic E-state index is -0.516. The van der Waals surface area contributed by atoms with Gasteiger partial charge in [-0.25, -0.2) is 4.79 Å². The van der Waals surface area contributed by atoms with Crippen molar-refractivity contribution in [2.75, 3.05) is 57.9 Å². The fourth-order valence-electron chi connectivity index (χ4n) is 4.17. The molecule has 10 nitrogen and oxygen atoms in total. The number of anilines is 1. The Morgan fingerprint density at radius 1 is 1.08 bits per heavy atom. The summed E-state index contributed by atoms with van der Waals surface area (Å²) in [5.41, 5.74) is 1.71. The largest absolute Gasteiger partial charge is 0.493 e. The molecule has 39 heavy (non-hydrogen) atoms. The predicted molar refractivity (Wildman–Crippen MR) is 156 cm³/mol. The first-order valence-corrected chi connectivity index (χ1v) is 14.2. The SMILES string of the molecule is CCOC(=O)COc1c(I)cc(/C=C2/SC(=O)N(CC(=O)N3CCN(c4ccccc4)CC3)C2=O)cc1OC. The van der Waals surface area contributed by atoms with Crippen LogP contribution < -0.4 is 14.4 Å². The Morgan fingerprint density at radius 2 is 1.79 bits per heavy atom. The number of para-hydroxylation sites is 1. The second-order valence-corrected chi connectivity index (χ2v) is 10.8. The highest BCUT2D eigenvalue weighted by Gasteiger charge is 2.37. The molecule has 0 radical (unpaired) electrons. The molecule has 3 amide bonds. The third-order valence-electron chi connectivity index (χ3n) is 6.11. The monoisotopic (exact) mass is 665 g/mol. The zero-order chi connectivity index (χ0) is 27.9. The number of thioether (sulfide) groups is 1. The van der Waals surface area contributed by atoms with Crippen LogP contribution in [0.25, 0.3) is 6.08 Å². The highest BCUT2D eigenvalue weighted by atomic mass is 127. The molecule has 2 saturated heterocycles. The number of carbonyl (C=O) groups is 4. The third-order valence-corrected chi connectivity index (χ3v) is 7.82. The van der Waals surface area contributed by atoms with Crippen LogP contribution in [0.15, 0.2) is 47.4 Å². The number of rotatable bonds is 9. The van der Waals surface area contributed by atoms with Gasteiger partial charge in [0.05, 0.1) is 22.2 Å². The molecular weight excluding hydrogens is 637 g/mol. The lowest BCUT2D eigenvalue weighted by Gasteiger charge is -2.36. The number of piperazine rings is 1. The Bertz CT molecular complexity index is 1280. The molecule has 12 heteroatoms. The summed E-state index contributed by atoms with van der Waals surface area (Å²) < 4.78 is 16.5. The average molecular weight is 666 g/mol. The summed E-state index contributed by atoms with van der Waals surface area (Å²) in [5.74, 6) is -0.542. The van der Waals surface area contributed by atoms with Gasteiger partial charge in [0, 0.05) is 31.9 Å². The summed E-state index contributed by atoms with van der Waals surface area (Å²) in [5, 5.41) is -0.487. The fraction of sp³-hybridized carbons (Fsp3) is 0.333. The van der Waals surface area contributed by atoms with Crippen LogP contribution in [-0.2, 0) is 19.1 Å². The van der Waals surface area contributed by atoms with Gasteiger partial charge in [0.1, 0.15) is 6.54 Å². The van der Waals surface area contributed by atoms with E-state index in [-0.39, 0.29) is 30.6 Å². The number of benzene rings is 2. The molecular formula is C27H28IN3O7S. The van der Waals surface area contributed by atoms with Crippen LogP contribution in [0.4, 0.5) is 10.5 Å². The molecule has 2 aromatic carbocycles. The number of amides is 3. The molecule has 2 aliphatic heterocycles. The summed E-state index contributed by atoms with van der Waals surface area (Å²) in [4.78, 5) is 55.4. The number of ether oxygens (including phenoxy) is 3.